The Balaban J connectivity index is 2.35. The molecule has 68 valence electrons. The maximum Gasteiger partial charge on any atom is 0.173 e. The highest BCUT2D eigenvalue weighted by Gasteiger charge is 2.16. The number of oxime groups is 1. The summed E-state index contributed by atoms with van der Waals surface area (Å²) in [4.78, 5) is 4.90. The molecule has 0 saturated carbocycles. The van der Waals surface area contributed by atoms with Crippen LogP contribution in [-0.2, 0) is 15.6 Å². The van der Waals surface area contributed by atoms with E-state index in [2.05, 4.69) is 5.16 Å². The van der Waals surface area contributed by atoms with Crippen LogP contribution in [0.5, 0.6) is 0 Å². The second-order valence-electron chi connectivity index (χ2n) is 2.65. The van der Waals surface area contributed by atoms with Crippen LogP contribution in [0.4, 0.5) is 0 Å². The van der Waals surface area contributed by atoms with Crippen molar-refractivity contribution in [3.05, 3.63) is 35.9 Å². The first-order chi connectivity index (χ1) is 6.38. The van der Waals surface area contributed by atoms with E-state index in [4.69, 9.17) is 4.84 Å². The monoisotopic (exact) mass is 195 g/mol. The van der Waals surface area contributed by atoms with E-state index in [0.29, 0.717) is 17.4 Å². The van der Waals surface area contributed by atoms with Gasteiger partial charge in [0.15, 0.2) is 5.04 Å². The van der Waals surface area contributed by atoms with Crippen molar-refractivity contribution >= 4 is 15.8 Å². The van der Waals surface area contributed by atoms with Gasteiger partial charge in [-0.1, -0.05) is 35.5 Å². The van der Waals surface area contributed by atoms with Crippen LogP contribution in [-0.4, -0.2) is 21.6 Å². The molecule has 1 aliphatic heterocycles. The van der Waals surface area contributed by atoms with Crippen LogP contribution in [0.2, 0.25) is 0 Å². The van der Waals surface area contributed by atoms with Gasteiger partial charge in [-0.2, -0.15) is 0 Å². The van der Waals surface area contributed by atoms with Crippen LogP contribution in [0.25, 0.3) is 0 Å². The summed E-state index contributed by atoms with van der Waals surface area (Å²) in [7, 11) is -1.00. The lowest BCUT2D eigenvalue weighted by Crippen LogP contribution is -2.20. The highest BCUT2D eigenvalue weighted by atomic mass is 32.2. The van der Waals surface area contributed by atoms with E-state index in [9.17, 15) is 4.21 Å². The van der Waals surface area contributed by atoms with Crippen molar-refractivity contribution in [2.45, 2.75) is 0 Å². The molecule has 3 nitrogen and oxygen atoms in total. The molecular formula is C9H9NO2S. The number of hydrogen-bond donors (Lipinski definition) is 0. The van der Waals surface area contributed by atoms with Crippen molar-refractivity contribution < 1.29 is 9.05 Å². The lowest BCUT2D eigenvalue weighted by molar-refractivity contribution is 0.159. The van der Waals surface area contributed by atoms with Gasteiger partial charge >= 0.3 is 0 Å². The lowest BCUT2D eigenvalue weighted by Gasteiger charge is -2.10. The van der Waals surface area contributed by atoms with E-state index < -0.39 is 10.8 Å². The summed E-state index contributed by atoms with van der Waals surface area (Å²) < 4.78 is 11.5. The molecule has 1 aliphatic rings. The Morgan fingerprint density at radius 3 is 2.77 bits per heavy atom. The Bertz CT molecular complexity index is 348. The van der Waals surface area contributed by atoms with Gasteiger partial charge in [-0.05, 0) is 0 Å². The molecule has 1 aromatic rings. The minimum absolute atomic E-state index is 0.447. The number of hydrogen-bond acceptors (Lipinski definition) is 3. The van der Waals surface area contributed by atoms with Gasteiger partial charge in [0.05, 0.1) is 16.6 Å². The molecule has 0 aromatic heterocycles. The topological polar surface area (TPSA) is 38.7 Å². The Morgan fingerprint density at radius 1 is 1.31 bits per heavy atom. The molecule has 1 aromatic carbocycles. The van der Waals surface area contributed by atoms with Crippen molar-refractivity contribution in [1.82, 2.24) is 0 Å². The standard InChI is InChI=1S/C9H9NO2S/c11-13-7-6-12-10-9(13)8-4-2-1-3-5-8/h1-5H,6-7H2. The summed E-state index contributed by atoms with van der Waals surface area (Å²) in [6, 6.07) is 9.46. The highest BCUT2D eigenvalue weighted by molar-refractivity contribution is 8.01. The van der Waals surface area contributed by atoms with Crippen molar-refractivity contribution in [2.24, 2.45) is 5.16 Å². The molecule has 0 bridgehead atoms. The molecule has 1 unspecified atom stereocenters. The minimum atomic E-state index is -1.00. The highest BCUT2D eigenvalue weighted by Crippen LogP contribution is 2.08. The molecule has 0 aliphatic carbocycles. The molecule has 0 amide bonds. The Hall–Kier alpha value is -1.16. The van der Waals surface area contributed by atoms with Crippen molar-refractivity contribution in [1.29, 1.82) is 0 Å². The van der Waals surface area contributed by atoms with E-state index in [0.717, 1.165) is 5.56 Å². The first kappa shape index (κ1) is 8.44. The van der Waals surface area contributed by atoms with Gasteiger partial charge in [0.1, 0.15) is 6.61 Å². The molecule has 0 saturated heterocycles. The largest absolute Gasteiger partial charge is 0.394 e. The van der Waals surface area contributed by atoms with Crippen LogP contribution in [0.1, 0.15) is 5.56 Å². The second-order valence-corrected chi connectivity index (χ2v) is 4.13. The van der Waals surface area contributed by atoms with Gasteiger partial charge in [0.25, 0.3) is 0 Å². The average Bonchev–Trinajstić information content (AvgIpc) is 2.20. The van der Waals surface area contributed by atoms with Crippen molar-refractivity contribution in [3.63, 3.8) is 0 Å². The van der Waals surface area contributed by atoms with Gasteiger partial charge in [0, 0.05) is 5.56 Å². The first-order valence-electron chi connectivity index (χ1n) is 4.02. The molecule has 2 rings (SSSR count). The Labute approximate surface area is 78.9 Å². The summed E-state index contributed by atoms with van der Waals surface area (Å²) in [6.07, 6.45) is 0. The maximum absolute atomic E-state index is 11.5. The minimum Gasteiger partial charge on any atom is -0.394 e. The molecule has 4 heteroatoms. The SMILES string of the molecule is O=S1CCON=C1c1ccccc1. The smallest absolute Gasteiger partial charge is 0.173 e. The van der Waals surface area contributed by atoms with Crippen LogP contribution in [0.15, 0.2) is 35.5 Å². The summed E-state index contributed by atoms with van der Waals surface area (Å²) >= 11 is 0. The zero-order chi connectivity index (χ0) is 9.10. The van der Waals surface area contributed by atoms with Crippen molar-refractivity contribution in [2.75, 3.05) is 12.4 Å². The van der Waals surface area contributed by atoms with Crippen LogP contribution < -0.4 is 0 Å². The fraction of sp³-hybridized carbons (Fsp3) is 0.222. The third kappa shape index (κ3) is 1.78. The Morgan fingerprint density at radius 2 is 2.08 bits per heavy atom. The van der Waals surface area contributed by atoms with E-state index >= 15 is 0 Å². The lowest BCUT2D eigenvalue weighted by atomic mass is 10.2. The average molecular weight is 195 g/mol. The zero-order valence-electron chi connectivity index (χ0n) is 6.97. The Kier molecular flexibility index (Phi) is 2.40. The molecule has 0 fully saturated rings. The van der Waals surface area contributed by atoms with E-state index in [1.54, 1.807) is 0 Å². The predicted octanol–water partition coefficient (Wildman–Crippen LogP) is 1.13. The zero-order valence-corrected chi connectivity index (χ0v) is 7.79. The summed E-state index contributed by atoms with van der Waals surface area (Å²) in [5, 5.41) is 4.35. The molecule has 0 N–H and O–H groups in total. The maximum atomic E-state index is 11.5. The number of benzene rings is 1. The predicted molar refractivity (Wildman–Crippen MR) is 51.9 cm³/mol. The third-order valence-corrected chi connectivity index (χ3v) is 3.02. The number of nitrogens with zero attached hydrogens (tertiary/aromatic N) is 1. The fourth-order valence-corrected chi connectivity index (χ4v) is 2.07. The van der Waals surface area contributed by atoms with Gasteiger partial charge in [-0.3, -0.25) is 4.21 Å². The summed E-state index contributed by atoms with van der Waals surface area (Å²) in [6.45, 7) is 0.447. The van der Waals surface area contributed by atoms with Gasteiger partial charge < -0.3 is 4.84 Å². The van der Waals surface area contributed by atoms with Gasteiger partial charge in [-0.25, -0.2) is 0 Å². The third-order valence-electron chi connectivity index (χ3n) is 1.74. The van der Waals surface area contributed by atoms with Crippen LogP contribution in [0.3, 0.4) is 0 Å². The molecule has 13 heavy (non-hydrogen) atoms. The fourth-order valence-electron chi connectivity index (χ4n) is 1.12. The van der Waals surface area contributed by atoms with E-state index in [-0.39, 0.29) is 0 Å². The summed E-state index contributed by atoms with van der Waals surface area (Å²) in [5.41, 5.74) is 0.875. The molecular weight excluding hydrogens is 186 g/mol. The van der Waals surface area contributed by atoms with Gasteiger partial charge in [0.2, 0.25) is 0 Å². The van der Waals surface area contributed by atoms with E-state index in [1.165, 1.54) is 0 Å². The van der Waals surface area contributed by atoms with Crippen LogP contribution in [0, 0.1) is 0 Å². The summed E-state index contributed by atoms with van der Waals surface area (Å²) in [5.74, 6) is 0.535. The normalized spacial score (nSPS) is 21.8. The van der Waals surface area contributed by atoms with Crippen molar-refractivity contribution in [3.8, 4) is 0 Å². The molecule has 1 atom stereocenters. The number of rotatable bonds is 1. The van der Waals surface area contributed by atoms with Gasteiger partial charge in [-0.15, -0.1) is 0 Å². The first-order valence-corrected chi connectivity index (χ1v) is 5.33. The van der Waals surface area contributed by atoms with Crippen LogP contribution >= 0.6 is 0 Å². The molecule has 0 radical (unpaired) electrons. The second kappa shape index (κ2) is 3.70. The van der Waals surface area contributed by atoms with E-state index in [1.807, 2.05) is 30.3 Å². The molecule has 1 heterocycles. The molecule has 0 spiro atoms. The quantitative estimate of drug-likeness (QED) is 0.673.